The Morgan fingerprint density at radius 1 is 1.17 bits per heavy atom. The first kappa shape index (κ1) is 17.0. The maximum Gasteiger partial charge on any atom is 0.337 e. The van der Waals surface area contributed by atoms with E-state index in [0.717, 1.165) is 16.8 Å². The van der Waals surface area contributed by atoms with E-state index in [1.165, 1.54) is 13.4 Å². The zero-order valence-electron chi connectivity index (χ0n) is 13.3. The zero-order chi connectivity index (χ0) is 17.0. The summed E-state index contributed by atoms with van der Waals surface area (Å²) in [6.45, 7) is 2.37. The van der Waals surface area contributed by atoms with E-state index in [-0.39, 0.29) is 10.9 Å². The smallest absolute Gasteiger partial charge is 0.337 e. The molecular weight excluding hydrogens is 314 g/mol. The molecule has 0 spiro atoms. The number of sulfone groups is 1. The molecule has 2 aromatic rings. The van der Waals surface area contributed by atoms with Crippen molar-refractivity contribution in [1.29, 1.82) is 0 Å². The second kappa shape index (κ2) is 6.83. The molecule has 0 fully saturated rings. The number of carbonyl (C=O) groups is 1. The molecular formula is C17H19NO4S. The molecule has 2 aromatic carbocycles. The highest BCUT2D eigenvalue weighted by Gasteiger charge is 2.10. The van der Waals surface area contributed by atoms with Crippen LogP contribution in [0.1, 0.15) is 21.5 Å². The van der Waals surface area contributed by atoms with Crippen LogP contribution in [0.15, 0.2) is 47.4 Å². The van der Waals surface area contributed by atoms with Crippen molar-refractivity contribution >= 4 is 21.5 Å². The van der Waals surface area contributed by atoms with Crippen molar-refractivity contribution in [2.24, 2.45) is 0 Å². The lowest BCUT2D eigenvalue weighted by molar-refractivity contribution is 0.0600. The van der Waals surface area contributed by atoms with Gasteiger partial charge in [-0.05, 0) is 42.3 Å². The van der Waals surface area contributed by atoms with Crippen LogP contribution in [0.4, 0.5) is 5.69 Å². The lowest BCUT2D eigenvalue weighted by atomic mass is 10.1. The van der Waals surface area contributed by atoms with Crippen LogP contribution in [0.5, 0.6) is 0 Å². The number of methoxy groups -OCH3 is 1. The molecule has 0 atom stereocenters. The van der Waals surface area contributed by atoms with Crippen molar-refractivity contribution < 1.29 is 17.9 Å². The zero-order valence-corrected chi connectivity index (χ0v) is 14.1. The molecule has 0 radical (unpaired) electrons. The van der Waals surface area contributed by atoms with Gasteiger partial charge in [-0.1, -0.05) is 18.2 Å². The number of esters is 1. The Hall–Kier alpha value is -2.34. The number of rotatable bonds is 5. The minimum atomic E-state index is -3.25. The van der Waals surface area contributed by atoms with Gasteiger partial charge in [-0.15, -0.1) is 0 Å². The van der Waals surface area contributed by atoms with E-state index in [1.54, 1.807) is 36.4 Å². The molecule has 0 aliphatic rings. The van der Waals surface area contributed by atoms with Gasteiger partial charge in [0.2, 0.25) is 0 Å². The summed E-state index contributed by atoms with van der Waals surface area (Å²) in [5.74, 6) is -0.387. The summed E-state index contributed by atoms with van der Waals surface area (Å²) in [4.78, 5) is 11.8. The Bertz CT molecular complexity index is 828. The topological polar surface area (TPSA) is 72.5 Å². The molecule has 0 amide bonds. The van der Waals surface area contributed by atoms with E-state index in [9.17, 15) is 13.2 Å². The average molecular weight is 333 g/mol. The number of aryl methyl sites for hydroxylation is 1. The van der Waals surface area contributed by atoms with Gasteiger partial charge < -0.3 is 10.1 Å². The first-order chi connectivity index (χ1) is 10.8. The van der Waals surface area contributed by atoms with Gasteiger partial charge >= 0.3 is 5.97 Å². The molecule has 0 saturated heterocycles. The summed E-state index contributed by atoms with van der Waals surface area (Å²) >= 11 is 0. The third-order valence-corrected chi connectivity index (χ3v) is 4.58. The number of ether oxygens (including phenoxy) is 1. The number of benzene rings is 2. The molecule has 122 valence electrons. The second-order valence-electron chi connectivity index (χ2n) is 5.29. The molecule has 0 bridgehead atoms. The molecule has 1 N–H and O–H groups in total. The summed E-state index contributed by atoms with van der Waals surface area (Å²) < 4.78 is 28.0. The minimum Gasteiger partial charge on any atom is -0.465 e. The number of nitrogens with one attached hydrogen (secondary N) is 1. The van der Waals surface area contributed by atoms with Gasteiger partial charge in [0.05, 0.1) is 17.6 Å². The van der Waals surface area contributed by atoms with E-state index in [4.69, 9.17) is 4.74 Å². The number of hydrogen-bond donors (Lipinski definition) is 1. The first-order valence-electron chi connectivity index (χ1n) is 7.03. The largest absolute Gasteiger partial charge is 0.465 e. The Kier molecular flexibility index (Phi) is 5.05. The predicted molar refractivity (Wildman–Crippen MR) is 89.4 cm³/mol. The van der Waals surface area contributed by atoms with Crippen LogP contribution >= 0.6 is 0 Å². The SMILES string of the molecule is COC(=O)c1cccc(CNc2cc(S(C)(=O)=O)ccc2C)c1. The fourth-order valence-corrected chi connectivity index (χ4v) is 2.79. The quantitative estimate of drug-likeness (QED) is 0.852. The summed E-state index contributed by atoms with van der Waals surface area (Å²) in [6, 6.07) is 12.1. The van der Waals surface area contributed by atoms with E-state index < -0.39 is 9.84 Å². The molecule has 23 heavy (non-hydrogen) atoms. The van der Waals surface area contributed by atoms with Gasteiger partial charge in [-0.3, -0.25) is 0 Å². The molecule has 0 unspecified atom stereocenters. The number of carbonyl (C=O) groups excluding carboxylic acids is 1. The van der Waals surface area contributed by atoms with Crippen LogP contribution in [0, 0.1) is 6.92 Å². The standard InChI is InChI=1S/C17H19NO4S/c1-12-7-8-15(23(3,20)21)10-16(12)18-11-13-5-4-6-14(9-13)17(19)22-2/h4-10,18H,11H2,1-3H3. The molecule has 0 saturated carbocycles. The monoisotopic (exact) mass is 333 g/mol. The third-order valence-electron chi connectivity index (χ3n) is 3.47. The first-order valence-corrected chi connectivity index (χ1v) is 8.92. The van der Waals surface area contributed by atoms with Gasteiger partial charge in [0, 0.05) is 18.5 Å². The molecule has 2 rings (SSSR count). The average Bonchev–Trinajstić information content (AvgIpc) is 2.52. The van der Waals surface area contributed by atoms with Crippen molar-refractivity contribution in [2.75, 3.05) is 18.7 Å². The third kappa shape index (κ3) is 4.32. The Labute approximate surface area is 136 Å². The van der Waals surface area contributed by atoms with E-state index in [2.05, 4.69) is 5.32 Å². The van der Waals surface area contributed by atoms with Crippen LogP contribution in [-0.4, -0.2) is 27.8 Å². The van der Waals surface area contributed by atoms with Gasteiger partial charge in [0.15, 0.2) is 9.84 Å². The van der Waals surface area contributed by atoms with Gasteiger partial charge in [0.1, 0.15) is 0 Å². The molecule has 0 heterocycles. The number of anilines is 1. The number of hydrogen-bond acceptors (Lipinski definition) is 5. The summed E-state index contributed by atoms with van der Waals surface area (Å²) in [5, 5.41) is 3.21. The summed E-state index contributed by atoms with van der Waals surface area (Å²) in [7, 11) is -1.91. The molecule has 0 aromatic heterocycles. The second-order valence-corrected chi connectivity index (χ2v) is 7.31. The molecule has 0 aliphatic carbocycles. The van der Waals surface area contributed by atoms with Crippen molar-refractivity contribution in [1.82, 2.24) is 0 Å². The highest BCUT2D eigenvalue weighted by Crippen LogP contribution is 2.21. The van der Waals surface area contributed by atoms with Crippen LogP contribution < -0.4 is 5.32 Å². The van der Waals surface area contributed by atoms with Crippen molar-refractivity contribution in [2.45, 2.75) is 18.4 Å². The van der Waals surface area contributed by atoms with E-state index in [0.29, 0.717) is 12.1 Å². The minimum absolute atomic E-state index is 0.272. The fraction of sp³-hybridized carbons (Fsp3) is 0.235. The van der Waals surface area contributed by atoms with Crippen LogP contribution in [0.3, 0.4) is 0 Å². The molecule has 0 aliphatic heterocycles. The Morgan fingerprint density at radius 2 is 1.91 bits per heavy atom. The maximum atomic E-state index is 11.6. The Morgan fingerprint density at radius 3 is 2.57 bits per heavy atom. The predicted octanol–water partition coefficient (Wildman–Crippen LogP) is 2.80. The van der Waals surface area contributed by atoms with Crippen molar-refractivity contribution in [3.63, 3.8) is 0 Å². The Balaban J connectivity index is 2.20. The van der Waals surface area contributed by atoms with E-state index >= 15 is 0 Å². The van der Waals surface area contributed by atoms with Crippen LogP contribution in [0.2, 0.25) is 0 Å². The van der Waals surface area contributed by atoms with Gasteiger partial charge in [-0.25, -0.2) is 13.2 Å². The van der Waals surface area contributed by atoms with Crippen LogP contribution in [0.25, 0.3) is 0 Å². The maximum absolute atomic E-state index is 11.6. The lowest BCUT2D eigenvalue weighted by Crippen LogP contribution is -2.06. The van der Waals surface area contributed by atoms with Crippen molar-refractivity contribution in [3.05, 3.63) is 59.2 Å². The summed E-state index contributed by atoms with van der Waals surface area (Å²) in [6.07, 6.45) is 1.18. The molecule has 6 heteroatoms. The normalized spacial score (nSPS) is 11.1. The van der Waals surface area contributed by atoms with E-state index in [1.807, 2.05) is 13.0 Å². The summed E-state index contributed by atoms with van der Waals surface area (Å²) in [5.41, 5.74) is 3.07. The highest BCUT2D eigenvalue weighted by atomic mass is 32.2. The van der Waals surface area contributed by atoms with Crippen LogP contribution in [-0.2, 0) is 21.1 Å². The molecule has 5 nitrogen and oxygen atoms in total. The van der Waals surface area contributed by atoms with Gasteiger partial charge in [0.25, 0.3) is 0 Å². The van der Waals surface area contributed by atoms with Crippen molar-refractivity contribution in [3.8, 4) is 0 Å². The fourth-order valence-electron chi connectivity index (χ4n) is 2.15. The lowest BCUT2D eigenvalue weighted by Gasteiger charge is -2.12. The highest BCUT2D eigenvalue weighted by molar-refractivity contribution is 7.90. The van der Waals surface area contributed by atoms with Gasteiger partial charge in [-0.2, -0.15) is 0 Å².